The fourth-order valence-electron chi connectivity index (χ4n) is 2.09. The average Bonchev–Trinajstić information content (AvgIpc) is 2.40. The largest absolute Gasteiger partial charge is 0.288 e. The third-order valence-electron chi connectivity index (χ3n) is 3.28. The van der Waals surface area contributed by atoms with E-state index in [9.17, 15) is 8.42 Å². The van der Waals surface area contributed by atoms with E-state index in [1.807, 2.05) is 11.8 Å². The zero-order valence-electron chi connectivity index (χ0n) is 10.9. The van der Waals surface area contributed by atoms with E-state index in [0.717, 1.165) is 5.56 Å². The molecule has 0 radical (unpaired) electrons. The summed E-state index contributed by atoms with van der Waals surface area (Å²) in [5.41, 5.74) is 1.04. The van der Waals surface area contributed by atoms with Gasteiger partial charge in [-0.25, -0.2) is 8.42 Å². The van der Waals surface area contributed by atoms with Crippen molar-refractivity contribution < 1.29 is 8.42 Å². The Morgan fingerprint density at radius 2 is 1.74 bits per heavy atom. The summed E-state index contributed by atoms with van der Waals surface area (Å²) < 4.78 is 26.3. The fraction of sp³-hybridized carbons (Fsp3) is 0.462. The summed E-state index contributed by atoms with van der Waals surface area (Å²) in [4.78, 5) is 2.30. The Hall–Kier alpha value is -1.42. The Balaban J connectivity index is 2.10. The first-order chi connectivity index (χ1) is 9.04. The van der Waals surface area contributed by atoms with Crippen molar-refractivity contribution in [3.05, 3.63) is 29.8 Å². The summed E-state index contributed by atoms with van der Waals surface area (Å²) >= 11 is 0. The van der Waals surface area contributed by atoms with Gasteiger partial charge in [-0.05, 0) is 19.1 Å². The molecule has 0 atom stereocenters. The van der Waals surface area contributed by atoms with Crippen LogP contribution in [0.2, 0.25) is 0 Å². The molecule has 0 aromatic heterocycles. The van der Waals surface area contributed by atoms with Crippen molar-refractivity contribution in [3.63, 3.8) is 0 Å². The number of nitrogens with zero attached hydrogens (tertiary/aromatic N) is 3. The number of benzene rings is 1. The molecule has 0 N–H and O–H groups in total. The number of hydrogen-bond donors (Lipinski definition) is 0. The van der Waals surface area contributed by atoms with Crippen LogP contribution in [0, 0.1) is 18.3 Å². The van der Waals surface area contributed by atoms with Crippen LogP contribution in [0.15, 0.2) is 29.2 Å². The van der Waals surface area contributed by atoms with Crippen molar-refractivity contribution in [1.82, 2.24) is 9.21 Å². The van der Waals surface area contributed by atoms with Crippen molar-refractivity contribution >= 4 is 10.0 Å². The highest BCUT2D eigenvalue weighted by molar-refractivity contribution is 7.89. The van der Waals surface area contributed by atoms with Gasteiger partial charge in [0.2, 0.25) is 10.0 Å². The van der Waals surface area contributed by atoms with Gasteiger partial charge in [0.25, 0.3) is 0 Å². The quantitative estimate of drug-likeness (QED) is 0.769. The molecular weight excluding hydrogens is 262 g/mol. The van der Waals surface area contributed by atoms with Gasteiger partial charge in [-0.15, -0.1) is 0 Å². The summed E-state index contributed by atoms with van der Waals surface area (Å²) in [7, 11) is -3.39. The van der Waals surface area contributed by atoms with E-state index in [1.54, 1.807) is 24.3 Å². The molecule has 0 spiro atoms. The number of aryl methyl sites for hydroxylation is 1. The van der Waals surface area contributed by atoms with E-state index >= 15 is 0 Å². The van der Waals surface area contributed by atoms with Crippen LogP contribution in [0.5, 0.6) is 0 Å². The monoisotopic (exact) mass is 279 g/mol. The van der Waals surface area contributed by atoms with Crippen LogP contribution >= 0.6 is 0 Å². The van der Waals surface area contributed by atoms with Crippen molar-refractivity contribution in [2.75, 3.05) is 32.7 Å². The van der Waals surface area contributed by atoms with Crippen LogP contribution in [-0.4, -0.2) is 50.3 Å². The Morgan fingerprint density at radius 1 is 1.16 bits per heavy atom. The van der Waals surface area contributed by atoms with Crippen LogP contribution in [0.4, 0.5) is 0 Å². The zero-order chi connectivity index (χ0) is 13.9. The van der Waals surface area contributed by atoms with E-state index in [1.165, 1.54) is 4.31 Å². The maximum atomic E-state index is 12.4. The lowest BCUT2D eigenvalue weighted by Gasteiger charge is -2.32. The third kappa shape index (κ3) is 3.13. The summed E-state index contributed by atoms with van der Waals surface area (Å²) in [5, 5.41) is 8.62. The van der Waals surface area contributed by atoms with E-state index < -0.39 is 10.0 Å². The van der Waals surface area contributed by atoms with Crippen LogP contribution in [-0.2, 0) is 10.0 Å². The first-order valence-corrected chi connectivity index (χ1v) is 7.64. The lowest BCUT2D eigenvalue weighted by Crippen LogP contribution is -2.48. The zero-order valence-corrected chi connectivity index (χ0v) is 11.7. The average molecular weight is 279 g/mol. The van der Waals surface area contributed by atoms with Gasteiger partial charge < -0.3 is 0 Å². The molecule has 1 fully saturated rings. The highest BCUT2D eigenvalue weighted by Gasteiger charge is 2.28. The normalized spacial score (nSPS) is 18.1. The summed E-state index contributed by atoms with van der Waals surface area (Å²) in [6.45, 7) is 4.39. The smallest absolute Gasteiger partial charge is 0.243 e. The SMILES string of the molecule is Cc1ccc(S(=O)(=O)N2CCN(CC#N)CC2)cc1. The minimum Gasteiger partial charge on any atom is -0.288 e. The van der Waals surface area contributed by atoms with Gasteiger partial charge in [0.05, 0.1) is 17.5 Å². The van der Waals surface area contributed by atoms with Crippen LogP contribution in [0.3, 0.4) is 0 Å². The Kier molecular flexibility index (Phi) is 4.20. The molecule has 1 aliphatic rings. The van der Waals surface area contributed by atoms with Crippen molar-refractivity contribution in [2.24, 2.45) is 0 Å². The third-order valence-corrected chi connectivity index (χ3v) is 5.20. The molecule has 19 heavy (non-hydrogen) atoms. The maximum Gasteiger partial charge on any atom is 0.243 e. The standard InChI is InChI=1S/C13H17N3O2S/c1-12-2-4-13(5-3-12)19(17,18)16-10-8-15(7-6-14)9-11-16/h2-5H,7-11H2,1H3. The molecular formula is C13H17N3O2S. The van der Waals surface area contributed by atoms with E-state index in [4.69, 9.17) is 5.26 Å². The van der Waals surface area contributed by atoms with E-state index in [2.05, 4.69) is 6.07 Å². The first-order valence-electron chi connectivity index (χ1n) is 6.20. The molecule has 0 unspecified atom stereocenters. The van der Waals surface area contributed by atoms with Crippen molar-refractivity contribution in [2.45, 2.75) is 11.8 Å². The molecule has 0 amide bonds. The number of nitriles is 1. The van der Waals surface area contributed by atoms with Gasteiger partial charge in [0.15, 0.2) is 0 Å². The second-order valence-electron chi connectivity index (χ2n) is 4.65. The Bertz CT molecular complexity index is 567. The second kappa shape index (κ2) is 5.70. The van der Waals surface area contributed by atoms with Crippen LogP contribution < -0.4 is 0 Å². The minimum absolute atomic E-state index is 0.340. The van der Waals surface area contributed by atoms with E-state index in [-0.39, 0.29) is 0 Å². The van der Waals surface area contributed by atoms with Gasteiger partial charge in [0, 0.05) is 26.2 Å². The van der Waals surface area contributed by atoms with Crippen LogP contribution in [0.25, 0.3) is 0 Å². The molecule has 6 heteroatoms. The fourth-order valence-corrected chi connectivity index (χ4v) is 3.51. The lowest BCUT2D eigenvalue weighted by molar-refractivity contribution is 0.206. The maximum absolute atomic E-state index is 12.4. The molecule has 0 saturated carbocycles. The number of rotatable bonds is 3. The summed E-state index contributed by atoms with van der Waals surface area (Å²) in [6, 6.07) is 8.99. The molecule has 2 rings (SSSR count). The molecule has 1 aromatic rings. The number of hydrogen-bond acceptors (Lipinski definition) is 4. The highest BCUT2D eigenvalue weighted by Crippen LogP contribution is 2.17. The number of piperazine rings is 1. The minimum atomic E-state index is -3.39. The molecule has 1 heterocycles. The molecule has 0 aliphatic carbocycles. The lowest BCUT2D eigenvalue weighted by atomic mass is 10.2. The molecule has 102 valence electrons. The Morgan fingerprint density at radius 3 is 2.26 bits per heavy atom. The predicted octanol–water partition coefficient (Wildman–Crippen LogP) is 0.825. The molecule has 1 aliphatic heterocycles. The molecule has 5 nitrogen and oxygen atoms in total. The summed E-state index contributed by atoms with van der Waals surface area (Å²) in [6.07, 6.45) is 0. The van der Waals surface area contributed by atoms with Crippen molar-refractivity contribution in [3.8, 4) is 6.07 Å². The first kappa shape index (κ1) is 14.0. The molecule has 0 bridgehead atoms. The van der Waals surface area contributed by atoms with Gasteiger partial charge in [-0.2, -0.15) is 9.57 Å². The van der Waals surface area contributed by atoms with Gasteiger partial charge in [0.1, 0.15) is 0 Å². The van der Waals surface area contributed by atoms with Crippen LogP contribution in [0.1, 0.15) is 5.56 Å². The molecule has 1 aromatic carbocycles. The van der Waals surface area contributed by atoms with Crippen molar-refractivity contribution in [1.29, 1.82) is 5.26 Å². The Labute approximate surface area is 114 Å². The highest BCUT2D eigenvalue weighted by atomic mass is 32.2. The van der Waals surface area contributed by atoms with E-state index in [0.29, 0.717) is 37.6 Å². The predicted molar refractivity (Wildman–Crippen MR) is 72.0 cm³/mol. The second-order valence-corrected chi connectivity index (χ2v) is 6.59. The molecule has 1 saturated heterocycles. The van der Waals surface area contributed by atoms with Gasteiger partial charge in [-0.1, -0.05) is 17.7 Å². The van der Waals surface area contributed by atoms with Gasteiger partial charge in [-0.3, -0.25) is 4.90 Å². The topological polar surface area (TPSA) is 64.4 Å². The summed E-state index contributed by atoms with van der Waals surface area (Å²) in [5.74, 6) is 0. The van der Waals surface area contributed by atoms with Gasteiger partial charge >= 0.3 is 0 Å². The number of sulfonamides is 1.